The molecule has 0 aromatic heterocycles. The smallest absolute Gasteiger partial charge is 0.222 e. The van der Waals surface area contributed by atoms with Crippen molar-refractivity contribution in [3.8, 4) is 0 Å². The maximum absolute atomic E-state index is 12.1. The predicted molar refractivity (Wildman–Crippen MR) is 66.6 cm³/mol. The first-order chi connectivity index (χ1) is 8.16. The van der Waals surface area contributed by atoms with Crippen molar-refractivity contribution in [2.24, 2.45) is 5.73 Å². The molecule has 2 rings (SSSR count). The molecule has 3 atom stereocenters. The molecule has 0 radical (unpaired) electrons. The highest BCUT2D eigenvalue weighted by atomic mass is 16.5. The van der Waals surface area contributed by atoms with Crippen LogP contribution < -0.4 is 5.73 Å². The quantitative estimate of drug-likeness (QED) is 0.808. The van der Waals surface area contributed by atoms with Gasteiger partial charge >= 0.3 is 0 Å². The van der Waals surface area contributed by atoms with E-state index in [1.165, 1.54) is 0 Å². The lowest BCUT2D eigenvalue weighted by Gasteiger charge is -2.36. The summed E-state index contributed by atoms with van der Waals surface area (Å²) in [6.07, 6.45) is 5.97. The lowest BCUT2D eigenvalue weighted by molar-refractivity contribution is -0.135. The number of nitrogens with two attached hydrogens (primary N) is 1. The Kier molecular flexibility index (Phi) is 4.40. The molecule has 0 bridgehead atoms. The largest absolute Gasteiger partial charge is 0.378 e. The van der Waals surface area contributed by atoms with E-state index < -0.39 is 0 Å². The minimum atomic E-state index is 0.271. The Morgan fingerprint density at radius 2 is 2.29 bits per heavy atom. The van der Waals surface area contributed by atoms with Crippen LogP contribution >= 0.6 is 0 Å². The molecule has 2 N–H and O–H groups in total. The highest BCUT2D eigenvalue weighted by molar-refractivity contribution is 5.76. The fourth-order valence-electron chi connectivity index (χ4n) is 2.88. The summed E-state index contributed by atoms with van der Waals surface area (Å²) in [5.74, 6) is 0.278. The minimum absolute atomic E-state index is 0.271. The average molecular weight is 240 g/mol. The van der Waals surface area contributed by atoms with Gasteiger partial charge in [-0.15, -0.1) is 0 Å². The van der Waals surface area contributed by atoms with Crippen molar-refractivity contribution in [3.05, 3.63) is 0 Å². The molecule has 4 heteroatoms. The molecule has 2 saturated heterocycles. The summed E-state index contributed by atoms with van der Waals surface area (Å²) in [5, 5.41) is 0. The summed E-state index contributed by atoms with van der Waals surface area (Å²) >= 11 is 0. The van der Waals surface area contributed by atoms with Gasteiger partial charge in [0.15, 0.2) is 0 Å². The molecular weight excluding hydrogens is 216 g/mol. The molecule has 0 aromatic carbocycles. The van der Waals surface area contributed by atoms with Crippen LogP contribution in [-0.2, 0) is 9.53 Å². The van der Waals surface area contributed by atoms with Gasteiger partial charge in [-0.1, -0.05) is 0 Å². The number of piperidine rings is 1. The van der Waals surface area contributed by atoms with Gasteiger partial charge in [0.25, 0.3) is 0 Å². The number of nitrogens with zero attached hydrogens (tertiary/aromatic N) is 1. The van der Waals surface area contributed by atoms with Gasteiger partial charge in [-0.25, -0.2) is 0 Å². The second-order valence-corrected chi connectivity index (χ2v) is 5.39. The van der Waals surface area contributed by atoms with Crippen LogP contribution in [0.4, 0.5) is 0 Å². The van der Waals surface area contributed by atoms with E-state index in [1.54, 1.807) is 0 Å². The second-order valence-electron chi connectivity index (χ2n) is 5.39. The van der Waals surface area contributed by atoms with Crippen molar-refractivity contribution in [1.29, 1.82) is 0 Å². The Hall–Kier alpha value is -0.610. The summed E-state index contributed by atoms with van der Waals surface area (Å²) in [4.78, 5) is 14.1. The van der Waals surface area contributed by atoms with E-state index in [2.05, 4.69) is 6.92 Å². The summed E-state index contributed by atoms with van der Waals surface area (Å²) in [6.45, 7) is 3.80. The molecule has 1 amide bonds. The zero-order chi connectivity index (χ0) is 12.3. The molecule has 2 aliphatic rings. The van der Waals surface area contributed by atoms with E-state index in [0.29, 0.717) is 18.6 Å². The Balaban J connectivity index is 1.74. The first-order valence-electron chi connectivity index (χ1n) is 6.83. The van der Waals surface area contributed by atoms with Crippen LogP contribution in [0.5, 0.6) is 0 Å². The second kappa shape index (κ2) is 5.83. The van der Waals surface area contributed by atoms with Crippen LogP contribution in [0.3, 0.4) is 0 Å². The number of carbonyl (C=O) groups excluding carboxylic acids is 1. The van der Waals surface area contributed by atoms with Gasteiger partial charge in [-0.05, 0) is 39.0 Å². The van der Waals surface area contributed by atoms with E-state index >= 15 is 0 Å². The molecule has 0 saturated carbocycles. The zero-order valence-corrected chi connectivity index (χ0v) is 10.7. The van der Waals surface area contributed by atoms with Crippen molar-refractivity contribution >= 4 is 5.91 Å². The Morgan fingerprint density at radius 1 is 1.47 bits per heavy atom. The van der Waals surface area contributed by atoms with Gasteiger partial charge in [0, 0.05) is 31.7 Å². The fourth-order valence-corrected chi connectivity index (χ4v) is 2.88. The Bertz CT molecular complexity index is 264. The number of likely N-dealkylation sites (tertiary alicyclic amines) is 1. The number of ether oxygens (including phenoxy) is 1. The van der Waals surface area contributed by atoms with Crippen LogP contribution in [0.1, 0.15) is 45.4 Å². The van der Waals surface area contributed by atoms with Crippen LogP contribution in [-0.4, -0.2) is 42.1 Å². The Morgan fingerprint density at radius 3 is 2.94 bits per heavy atom. The minimum Gasteiger partial charge on any atom is -0.378 e. The van der Waals surface area contributed by atoms with E-state index in [0.717, 1.165) is 45.3 Å². The molecule has 17 heavy (non-hydrogen) atoms. The van der Waals surface area contributed by atoms with Gasteiger partial charge < -0.3 is 15.4 Å². The highest BCUT2D eigenvalue weighted by Gasteiger charge is 2.27. The van der Waals surface area contributed by atoms with Gasteiger partial charge in [0.05, 0.1) is 6.10 Å². The number of rotatable bonds is 3. The number of amides is 1. The van der Waals surface area contributed by atoms with Crippen molar-refractivity contribution < 1.29 is 9.53 Å². The standard InChI is InChI=1S/C13H24N2O2/c1-10-9-11(14)6-7-15(10)13(16)5-4-12-3-2-8-17-12/h10-12H,2-9,14H2,1H3. The maximum atomic E-state index is 12.1. The first-order valence-corrected chi connectivity index (χ1v) is 6.83. The van der Waals surface area contributed by atoms with Gasteiger partial charge in [0.1, 0.15) is 0 Å². The third kappa shape index (κ3) is 3.42. The summed E-state index contributed by atoms with van der Waals surface area (Å²) in [7, 11) is 0. The highest BCUT2D eigenvalue weighted by Crippen LogP contribution is 2.20. The summed E-state index contributed by atoms with van der Waals surface area (Å²) < 4.78 is 5.54. The van der Waals surface area contributed by atoms with Crippen molar-refractivity contribution in [2.75, 3.05) is 13.2 Å². The number of hydrogen-bond acceptors (Lipinski definition) is 3. The molecule has 0 aliphatic carbocycles. The predicted octanol–water partition coefficient (Wildman–Crippen LogP) is 1.28. The molecule has 98 valence electrons. The third-order valence-electron chi connectivity index (χ3n) is 3.94. The van der Waals surface area contributed by atoms with E-state index in [9.17, 15) is 4.79 Å². The maximum Gasteiger partial charge on any atom is 0.222 e. The molecule has 4 nitrogen and oxygen atoms in total. The van der Waals surface area contributed by atoms with Gasteiger partial charge in [-0.3, -0.25) is 4.79 Å². The first kappa shape index (κ1) is 12.8. The van der Waals surface area contributed by atoms with Crippen molar-refractivity contribution in [3.63, 3.8) is 0 Å². The van der Waals surface area contributed by atoms with Crippen LogP contribution in [0.15, 0.2) is 0 Å². The molecule has 2 heterocycles. The molecule has 2 fully saturated rings. The summed E-state index contributed by atoms with van der Waals surface area (Å²) in [6, 6.07) is 0.572. The molecular formula is C13H24N2O2. The van der Waals surface area contributed by atoms with Gasteiger partial charge in [0.2, 0.25) is 5.91 Å². The number of carbonyl (C=O) groups is 1. The third-order valence-corrected chi connectivity index (χ3v) is 3.94. The summed E-state index contributed by atoms with van der Waals surface area (Å²) in [5.41, 5.74) is 5.90. The molecule has 0 aromatic rings. The lowest BCUT2D eigenvalue weighted by atomic mass is 9.98. The lowest BCUT2D eigenvalue weighted by Crippen LogP contribution is -2.48. The topological polar surface area (TPSA) is 55.6 Å². The molecule has 0 spiro atoms. The fraction of sp³-hybridized carbons (Fsp3) is 0.923. The van der Waals surface area contributed by atoms with Crippen LogP contribution in [0.25, 0.3) is 0 Å². The number of hydrogen-bond donors (Lipinski definition) is 1. The average Bonchev–Trinajstić information content (AvgIpc) is 2.78. The monoisotopic (exact) mass is 240 g/mol. The molecule has 2 aliphatic heterocycles. The Labute approximate surface area is 103 Å². The van der Waals surface area contributed by atoms with Crippen molar-refractivity contribution in [1.82, 2.24) is 4.90 Å². The zero-order valence-electron chi connectivity index (χ0n) is 10.7. The van der Waals surface area contributed by atoms with Crippen LogP contribution in [0, 0.1) is 0 Å². The van der Waals surface area contributed by atoms with Gasteiger partial charge in [-0.2, -0.15) is 0 Å². The van der Waals surface area contributed by atoms with E-state index in [4.69, 9.17) is 10.5 Å². The van der Waals surface area contributed by atoms with E-state index in [-0.39, 0.29) is 11.9 Å². The van der Waals surface area contributed by atoms with Crippen molar-refractivity contribution in [2.45, 2.75) is 63.6 Å². The molecule has 3 unspecified atom stereocenters. The normalized spacial score (nSPS) is 34.0. The van der Waals surface area contributed by atoms with E-state index in [1.807, 2.05) is 4.90 Å². The van der Waals surface area contributed by atoms with Crippen LogP contribution in [0.2, 0.25) is 0 Å². The SMILES string of the molecule is CC1CC(N)CCN1C(=O)CCC1CCCO1.